The molecule has 0 radical (unpaired) electrons. The van der Waals surface area contributed by atoms with Gasteiger partial charge in [-0.2, -0.15) is 0 Å². The highest BCUT2D eigenvalue weighted by Gasteiger charge is 2.10. The number of nitrogens with two attached hydrogens (primary N) is 1. The van der Waals surface area contributed by atoms with E-state index in [0.717, 1.165) is 10.9 Å². The van der Waals surface area contributed by atoms with Crippen LogP contribution in [0.5, 0.6) is 11.5 Å². The van der Waals surface area contributed by atoms with Crippen LogP contribution >= 0.6 is 22.6 Å². The first-order valence-corrected chi connectivity index (χ1v) is 6.46. The molecule has 0 atom stereocenters. The highest BCUT2D eigenvalue weighted by molar-refractivity contribution is 14.1. The molecule has 2 aromatic rings. The van der Waals surface area contributed by atoms with Crippen LogP contribution in [0.2, 0.25) is 0 Å². The quantitative estimate of drug-likeness (QED) is 0.682. The van der Waals surface area contributed by atoms with E-state index in [2.05, 4.69) is 32.6 Å². The second kappa shape index (κ2) is 4.91. The number of alkyl halides is 1. The number of aromatic nitrogens is 2. The lowest BCUT2D eigenvalue weighted by atomic mass is 10.2. The van der Waals surface area contributed by atoms with Gasteiger partial charge in [0.25, 0.3) is 0 Å². The summed E-state index contributed by atoms with van der Waals surface area (Å²) in [6, 6.07) is 3.60. The summed E-state index contributed by atoms with van der Waals surface area (Å²) in [6.45, 7) is 0. The molecule has 6 heteroatoms. The molecular weight excluding hydrogens is 333 g/mol. The molecule has 0 amide bonds. The predicted octanol–water partition coefficient (Wildman–Crippen LogP) is 2.16. The van der Waals surface area contributed by atoms with Crippen LogP contribution in [0, 0.1) is 0 Å². The summed E-state index contributed by atoms with van der Waals surface area (Å²) in [5, 5.41) is 0.774. The van der Waals surface area contributed by atoms with Gasteiger partial charge in [-0.15, -0.1) is 0 Å². The van der Waals surface area contributed by atoms with E-state index in [9.17, 15) is 0 Å². The third kappa shape index (κ3) is 2.21. The van der Waals surface area contributed by atoms with E-state index in [1.165, 1.54) is 0 Å². The first-order valence-electron chi connectivity index (χ1n) is 4.93. The largest absolute Gasteiger partial charge is 0.493 e. The van der Waals surface area contributed by atoms with E-state index < -0.39 is 0 Å². The van der Waals surface area contributed by atoms with E-state index in [1.807, 2.05) is 6.07 Å². The second-order valence-electron chi connectivity index (χ2n) is 3.38. The molecular formula is C11H12IN3O2. The van der Waals surface area contributed by atoms with Gasteiger partial charge < -0.3 is 15.2 Å². The van der Waals surface area contributed by atoms with Crippen LogP contribution < -0.4 is 15.2 Å². The monoisotopic (exact) mass is 345 g/mol. The molecule has 90 valence electrons. The van der Waals surface area contributed by atoms with Gasteiger partial charge in [0.05, 0.1) is 24.2 Å². The van der Waals surface area contributed by atoms with Crippen molar-refractivity contribution in [2.45, 2.75) is 4.43 Å². The van der Waals surface area contributed by atoms with Gasteiger partial charge >= 0.3 is 0 Å². The number of nitrogen functional groups attached to an aromatic ring is 1. The first-order chi connectivity index (χ1) is 8.19. The van der Waals surface area contributed by atoms with Crippen LogP contribution in [0.4, 0.5) is 5.82 Å². The Balaban J connectivity index is 2.73. The Morgan fingerprint density at radius 3 is 2.41 bits per heavy atom. The molecule has 0 aliphatic rings. The molecule has 2 rings (SSSR count). The maximum absolute atomic E-state index is 5.90. The molecule has 2 N–H and O–H groups in total. The Bertz CT molecular complexity index is 560. The van der Waals surface area contributed by atoms with Crippen molar-refractivity contribution in [1.82, 2.24) is 9.97 Å². The minimum absolute atomic E-state index is 0.461. The van der Waals surface area contributed by atoms with Crippen molar-refractivity contribution in [3.63, 3.8) is 0 Å². The van der Waals surface area contributed by atoms with Gasteiger partial charge in [0.15, 0.2) is 11.5 Å². The number of hydrogen-bond donors (Lipinski definition) is 1. The maximum Gasteiger partial charge on any atom is 0.162 e. The minimum Gasteiger partial charge on any atom is -0.493 e. The number of benzene rings is 1. The molecule has 0 aliphatic heterocycles. The number of methoxy groups -OCH3 is 2. The number of ether oxygens (including phenoxy) is 2. The zero-order chi connectivity index (χ0) is 12.4. The molecule has 0 fully saturated rings. The fraction of sp³-hybridized carbons (Fsp3) is 0.273. The van der Waals surface area contributed by atoms with E-state index in [4.69, 9.17) is 15.2 Å². The normalized spacial score (nSPS) is 10.5. The zero-order valence-corrected chi connectivity index (χ0v) is 11.7. The highest BCUT2D eigenvalue weighted by atomic mass is 127. The molecule has 1 aromatic heterocycles. The highest BCUT2D eigenvalue weighted by Crippen LogP contribution is 2.33. The Morgan fingerprint density at radius 2 is 1.82 bits per heavy atom. The van der Waals surface area contributed by atoms with Gasteiger partial charge in [-0.3, -0.25) is 0 Å². The van der Waals surface area contributed by atoms with E-state index in [-0.39, 0.29) is 0 Å². The summed E-state index contributed by atoms with van der Waals surface area (Å²) in [5.74, 6) is 2.43. The number of nitrogens with zero attached hydrogens (tertiary/aromatic N) is 2. The fourth-order valence-electron chi connectivity index (χ4n) is 1.59. The van der Waals surface area contributed by atoms with Crippen molar-refractivity contribution in [2.75, 3.05) is 20.0 Å². The number of hydrogen-bond acceptors (Lipinski definition) is 5. The standard InChI is InChI=1S/C11H12IN3O2/c1-16-8-3-6-7(4-9(8)17-2)14-10(5-12)15-11(6)13/h3-4H,5H2,1-2H3,(H2,13,14,15). The van der Waals surface area contributed by atoms with E-state index in [0.29, 0.717) is 27.6 Å². The Morgan fingerprint density at radius 1 is 1.18 bits per heavy atom. The fourth-order valence-corrected chi connectivity index (χ4v) is 1.93. The van der Waals surface area contributed by atoms with Crippen molar-refractivity contribution < 1.29 is 9.47 Å². The van der Waals surface area contributed by atoms with Crippen LogP contribution in [0.1, 0.15) is 5.82 Å². The maximum atomic E-state index is 5.90. The third-order valence-electron chi connectivity index (χ3n) is 2.40. The van der Waals surface area contributed by atoms with Gasteiger partial charge in [-0.1, -0.05) is 22.6 Å². The molecule has 0 aliphatic carbocycles. The lowest BCUT2D eigenvalue weighted by molar-refractivity contribution is 0.356. The van der Waals surface area contributed by atoms with Gasteiger partial charge in [0.2, 0.25) is 0 Å². The number of rotatable bonds is 3. The Labute approximate surface area is 112 Å². The summed E-state index contributed by atoms with van der Waals surface area (Å²) in [7, 11) is 3.17. The molecule has 0 unspecified atom stereocenters. The molecule has 0 saturated heterocycles. The SMILES string of the molecule is COc1cc2nc(CI)nc(N)c2cc1OC. The average molecular weight is 345 g/mol. The van der Waals surface area contributed by atoms with Gasteiger partial charge in [0.1, 0.15) is 11.6 Å². The topological polar surface area (TPSA) is 70.3 Å². The lowest BCUT2D eigenvalue weighted by Crippen LogP contribution is -2.00. The summed E-state index contributed by atoms with van der Waals surface area (Å²) in [6.07, 6.45) is 0. The Hall–Kier alpha value is -1.31. The second-order valence-corrected chi connectivity index (χ2v) is 4.15. The van der Waals surface area contributed by atoms with Crippen molar-refractivity contribution in [2.24, 2.45) is 0 Å². The summed E-state index contributed by atoms with van der Waals surface area (Å²) in [4.78, 5) is 8.62. The molecule has 5 nitrogen and oxygen atoms in total. The van der Waals surface area contributed by atoms with Crippen LogP contribution in [0.3, 0.4) is 0 Å². The number of anilines is 1. The van der Waals surface area contributed by atoms with E-state index in [1.54, 1.807) is 20.3 Å². The van der Waals surface area contributed by atoms with Crippen molar-refractivity contribution in [1.29, 1.82) is 0 Å². The number of fused-ring (bicyclic) bond motifs is 1. The van der Waals surface area contributed by atoms with Crippen molar-refractivity contribution in [3.05, 3.63) is 18.0 Å². The van der Waals surface area contributed by atoms with Crippen molar-refractivity contribution >= 4 is 39.3 Å². The molecule has 1 aromatic carbocycles. The molecule has 17 heavy (non-hydrogen) atoms. The first kappa shape index (κ1) is 12.2. The van der Waals surface area contributed by atoms with Gasteiger partial charge in [-0.25, -0.2) is 9.97 Å². The Kier molecular flexibility index (Phi) is 3.51. The summed E-state index contributed by atoms with van der Waals surface area (Å²) < 4.78 is 11.2. The minimum atomic E-state index is 0.461. The average Bonchev–Trinajstić information content (AvgIpc) is 2.36. The lowest BCUT2D eigenvalue weighted by Gasteiger charge is -2.10. The zero-order valence-electron chi connectivity index (χ0n) is 9.53. The predicted molar refractivity (Wildman–Crippen MR) is 74.8 cm³/mol. The molecule has 1 heterocycles. The molecule has 0 spiro atoms. The van der Waals surface area contributed by atoms with Gasteiger partial charge in [0, 0.05) is 11.5 Å². The summed E-state index contributed by atoms with van der Waals surface area (Å²) >= 11 is 2.20. The van der Waals surface area contributed by atoms with Crippen LogP contribution in [0.25, 0.3) is 10.9 Å². The summed E-state index contributed by atoms with van der Waals surface area (Å²) in [5.41, 5.74) is 6.66. The van der Waals surface area contributed by atoms with Crippen molar-refractivity contribution in [3.8, 4) is 11.5 Å². The van der Waals surface area contributed by atoms with Crippen LogP contribution in [0.15, 0.2) is 12.1 Å². The third-order valence-corrected chi connectivity index (χ3v) is 3.08. The van der Waals surface area contributed by atoms with E-state index >= 15 is 0 Å². The smallest absolute Gasteiger partial charge is 0.162 e. The van der Waals surface area contributed by atoms with Crippen LogP contribution in [-0.4, -0.2) is 24.2 Å². The molecule has 0 saturated carbocycles. The molecule has 0 bridgehead atoms. The number of halogens is 1. The van der Waals surface area contributed by atoms with Crippen LogP contribution in [-0.2, 0) is 4.43 Å². The van der Waals surface area contributed by atoms with Gasteiger partial charge in [-0.05, 0) is 6.07 Å².